The molecule has 12 heavy (non-hydrogen) atoms. The zero-order valence-corrected chi connectivity index (χ0v) is 7.67. The van der Waals surface area contributed by atoms with E-state index in [2.05, 4.69) is 0 Å². The molecule has 1 heterocycles. The van der Waals surface area contributed by atoms with Gasteiger partial charge in [-0.05, 0) is 6.42 Å². The summed E-state index contributed by atoms with van der Waals surface area (Å²) < 4.78 is 0. The first-order valence-corrected chi connectivity index (χ1v) is 4.41. The number of carbonyl (C=O) groups excluding carboxylic acids is 2. The molecule has 0 N–H and O–H groups in total. The molecule has 68 valence electrons. The summed E-state index contributed by atoms with van der Waals surface area (Å²) in [6.45, 7) is 2.58. The van der Waals surface area contributed by atoms with Crippen LogP contribution < -0.4 is 0 Å². The Morgan fingerprint density at radius 3 is 2.83 bits per heavy atom. The van der Waals surface area contributed by atoms with Gasteiger partial charge in [0.15, 0.2) is 0 Å². The highest BCUT2D eigenvalue weighted by Gasteiger charge is 2.26. The van der Waals surface area contributed by atoms with Gasteiger partial charge in [0, 0.05) is 32.4 Å². The molecule has 1 fully saturated rings. The van der Waals surface area contributed by atoms with E-state index >= 15 is 0 Å². The Labute approximate surface area is 72.7 Å². The fourth-order valence-corrected chi connectivity index (χ4v) is 1.51. The minimum Gasteiger partial charge on any atom is -0.346 e. The van der Waals surface area contributed by atoms with Gasteiger partial charge in [0.25, 0.3) is 0 Å². The van der Waals surface area contributed by atoms with Gasteiger partial charge in [-0.15, -0.1) is 0 Å². The zero-order valence-electron chi connectivity index (χ0n) is 7.67. The molecule has 0 spiro atoms. The summed E-state index contributed by atoms with van der Waals surface area (Å²) in [5, 5.41) is 0. The maximum Gasteiger partial charge on any atom is 0.223 e. The SMILES string of the molecule is CCC(=O)C1CCN(C)C(=O)C1. The molecule has 3 heteroatoms. The highest BCUT2D eigenvalue weighted by molar-refractivity contribution is 5.87. The molecule has 0 saturated carbocycles. The highest BCUT2D eigenvalue weighted by atomic mass is 16.2. The monoisotopic (exact) mass is 169 g/mol. The standard InChI is InChI=1S/C9H15NO2/c1-3-8(11)7-4-5-10(2)9(12)6-7/h7H,3-6H2,1-2H3. The van der Waals surface area contributed by atoms with Crippen LogP contribution >= 0.6 is 0 Å². The van der Waals surface area contributed by atoms with Gasteiger partial charge in [0.2, 0.25) is 5.91 Å². The molecular weight excluding hydrogens is 154 g/mol. The average molecular weight is 169 g/mol. The Morgan fingerprint density at radius 2 is 2.33 bits per heavy atom. The Balaban J connectivity index is 2.51. The van der Waals surface area contributed by atoms with Gasteiger partial charge < -0.3 is 4.90 Å². The third kappa shape index (κ3) is 1.84. The summed E-state index contributed by atoms with van der Waals surface area (Å²) in [7, 11) is 1.79. The Morgan fingerprint density at radius 1 is 1.67 bits per heavy atom. The Bertz CT molecular complexity index is 199. The van der Waals surface area contributed by atoms with E-state index in [9.17, 15) is 9.59 Å². The second kappa shape index (κ2) is 3.70. The summed E-state index contributed by atoms with van der Waals surface area (Å²) in [6, 6.07) is 0. The van der Waals surface area contributed by atoms with Crippen molar-refractivity contribution in [3.63, 3.8) is 0 Å². The summed E-state index contributed by atoms with van der Waals surface area (Å²) >= 11 is 0. The molecule has 0 bridgehead atoms. The molecule has 1 unspecified atom stereocenters. The summed E-state index contributed by atoms with van der Waals surface area (Å²) in [5.74, 6) is 0.336. The number of Topliss-reactive ketones (excluding diaryl/α,β-unsaturated/α-hetero) is 1. The van der Waals surface area contributed by atoms with Gasteiger partial charge >= 0.3 is 0 Å². The molecule has 1 aliphatic heterocycles. The molecule has 0 aromatic rings. The molecule has 1 rings (SSSR count). The predicted octanol–water partition coefficient (Wildman–Crippen LogP) is 0.834. The fourth-order valence-electron chi connectivity index (χ4n) is 1.51. The van der Waals surface area contributed by atoms with Crippen molar-refractivity contribution in [3.05, 3.63) is 0 Å². The van der Waals surface area contributed by atoms with Crippen molar-refractivity contribution in [1.82, 2.24) is 4.90 Å². The Kier molecular flexibility index (Phi) is 2.84. The van der Waals surface area contributed by atoms with Gasteiger partial charge in [-0.2, -0.15) is 0 Å². The maximum absolute atomic E-state index is 11.2. The molecule has 3 nitrogen and oxygen atoms in total. The molecule has 0 aliphatic carbocycles. The first kappa shape index (κ1) is 9.23. The summed E-state index contributed by atoms with van der Waals surface area (Å²) in [4.78, 5) is 24.1. The van der Waals surface area contributed by atoms with E-state index in [0.717, 1.165) is 13.0 Å². The lowest BCUT2D eigenvalue weighted by Crippen LogP contribution is -2.38. The minimum absolute atomic E-state index is 0.00120. The lowest BCUT2D eigenvalue weighted by molar-refractivity contribution is -0.138. The normalized spacial score (nSPS) is 24.3. The van der Waals surface area contributed by atoms with E-state index in [1.807, 2.05) is 6.92 Å². The third-order valence-electron chi connectivity index (χ3n) is 2.46. The van der Waals surface area contributed by atoms with Crippen LogP contribution in [0.5, 0.6) is 0 Å². The number of nitrogens with zero attached hydrogens (tertiary/aromatic N) is 1. The van der Waals surface area contributed by atoms with Crippen LogP contribution in [0.25, 0.3) is 0 Å². The van der Waals surface area contributed by atoms with Gasteiger partial charge in [0.1, 0.15) is 5.78 Å². The van der Waals surface area contributed by atoms with E-state index in [4.69, 9.17) is 0 Å². The predicted molar refractivity (Wildman–Crippen MR) is 45.7 cm³/mol. The van der Waals surface area contributed by atoms with Gasteiger partial charge in [0.05, 0.1) is 0 Å². The number of ketones is 1. The van der Waals surface area contributed by atoms with Crippen molar-refractivity contribution in [1.29, 1.82) is 0 Å². The molecular formula is C9H15NO2. The van der Waals surface area contributed by atoms with Crippen LogP contribution in [0, 0.1) is 5.92 Å². The van der Waals surface area contributed by atoms with Crippen LogP contribution in [0.15, 0.2) is 0 Å². The van der Waals surface area contributed by atoms with Crippen LogP contribution in [-0.4, -0.2) is 30.2 Å². The lowest BCUT2D eigenvalue weighted by atomic mass is 9.91. The topological polar surface area (TPSA) is 37.4 Å². The fraction of sp³-hybridized carbons (Fsp3) is 0.778. The molecule has 1 aliphatic rings. The summed E-state index contributed by atoms with van der Waals surface area (Å²) in [6.07, 6.45) is 1.82. The van der Waals surface area contributed by atoms with Crippen molar-refractivity contribution in [3.8, 4) is 0 Å². The lowest BCUT2D eigenvalue weighted by Gasteiger charge is -2.27. The molecule has 1 amide bonds. The van der Waals surface area contributed by atoms with Crippen LogP contribution in [0.1, 0.15) is 26.2 Å². The number of amides is 1. The maximum atomic E-state index is 11.2. The molecule has 1 atom stereocenters. The quantitative estimate of drug-likeness (QED) is 0.614. The van der Waals surface area contributed by atoms with E-state index in [-0.39, 0.29) is 17.6 Å². The third-order valence-corrected chi connectivity index (χ3v) is 2.46. The number of hydrogen-bond acceptors (Lipinski definition) is 2. The first-order chi connectivity index (χ1) is 5.65. The molecule has 0 aromatic heterocycles. The van der Waals surface area contributed by atoms with Crippen molar-refractivity contribution in [2.24, 2.45) is 5.92 Å². The van der Waals surface area contributed by atoms with Crippen molar-refractivity contribution in [2.75, 3.05) is 13.6 Å². The number of hydrogen-bond donors (Lipinski definition) is 0. The second-order valence-corrected chi connectivity index (χ2v) is 3.32. The summed E-state index contributed by atoms with van der Waals surface area (Å²) in [5.41, 5.74) is 0. The van der Waals surface area contributed by atoms with Crippen molar-refractivity contribution in [2.45, 2.75) is 26.2 Å². The van der Waals surface area contributed by atoms with Gasteiger partial charge in [-0.1, -0.05) is 6.92 Å². The van der Waals surface area contributed by atoms with E-state index in [0.29, 0.717) is 12.8 Å². The Hall–Kier alpha value is -0.860. The highest BCUT2D eigenvalue weighted by Crippen LogP contribution is 2.18. The zero-order chi connectivity index (χ0) is 9.14. The number of piperidine rings is 1. The van der Waals surface area contributed by atoms with Crippen molar-refractivity contribution < 1.29 is 9.59 Å². The van der Waals surface area contributed by atoms with E-state index in [1.165, 1.54) is 0 Å². The van der Waals surface area contributed by atoms with Gasteiger partial charge in [-0.3, -0.25) is 9.59 Å². The van der Waals surface area contributed by atoms with Crippen LogP contribution in [-0.2, 0) is 9.59 Å². The first-order valence-electron chi connectivity index (χ1n) is 4.41. The second-order valence-electron chi connectivity index (χ2n) is 3.32. The number of rotatable bonds is 2. The number of carbonyl (C=O) groups is 2. The van der Waals surface area contributed by atoms with Crippen molar-refractivity contribution >= 4 is 11.7 Å². The molecule has 0 radical (unpaired) electrons. The van der Waals surface area contributed by atoms with Gasteiger partial charge in [-0.25, -0.2) is 0 Å². The smallest absolute Gasteiger partial charge is 0.223 e. The molecule has 1 saturated heterocycles. The minimum atomic E-state index is -0.00120. The van der Waals surface area contributed by atoms with Crippen LogP contribution in [0.4, 0.5) is 0 Å². The van der Waals surface area contributed by atoms with E-state index in [1.54, 1.807) is 11.9 Å². The molecule has 0 aromatic carbocycles. The van der Waals surface area contributed by atoms with Crippen LogP contribution in [0.2, 0.25) is 0 Å². The van der Waals surface area contributed by atoms with E-state index < -0.39 is 0 Å². The average Bonchev–Trinajstić information content (AvgIpc) is 2.08. The number of likely N-dealkylation sites (tertiary alicyclic amines) is 1. The largest absolute Gasteiger partial charge is 0.346 e. The van der Waals surface area contributed by atoms with Crippen LogP contribution in [0.3, 0.4) is 0 Å².